The number of carbonyl (C=O) groups is 1. The number of anilines is 1. The van der Waals surface area contributed by atoms with E-state index in [1.165, 1.54) is 23.9 Å². The van der Waals surface area contributed by atoms with Gasteiger partial charge in [0, 0.05) is 5.69 Å². The minimum atomic E-state index is -0.315. The number of aryl methyl sites for hydroxylation is 2. The molecule has 1 aromatic heterocycles. The number of halogens is 1. The van der Waals surface area contributed by atoms with Gasteiger partial charge in [-0.1, -0.05) is 30.3 Å². The summed E-state index contributed by atoms with van der Waals surface area (Å²) in [6.45, 7) is 3.76. The number of benzene rings is 3. The van der Waals surface area contributed by atoms with Gasteiger partial charge in [0.25, 0.3) is 5.56 Å². The minimum Gasteiger partial charge on any atom is -0.295 e. The Morgan fingerprint density at radius 1 is 1.00 bits per heavy atom. The van der Waals surface area contributed by atoms with E-state index >= 15 is 0 Å². The summed E-state index contributed by atoms with van der Waals surface area (Å²) in [5, 5.41) is 0.231. The largest absolute Gasteiger partial charge is 0.295 e. The number of nitrogens with zero attached hydrogens (tertiary/aromatic N) is 3. The predicted octanol–water partition coefficient (Wildman–Crippen LogP) is 4.92. The van der Waals surface area contributed by atoms with Gasteiger partial charge in [-0.3, -0.25) is 19.1 Å². The number of thioether (sulfide) groups is 1. The molecule has 5 rings (SSSR count). The fourth-order valence-electron chi connectivity index (χ4n) is 4.11. The van der Waals surface area contributed by atoms with Crippen molar-refractivity contribution in [3.63, 3.8) is 0 Å². The lowest BCUT2D eigenvalue weighted by atomic mass is 10.1. The van der Waals surface area contributed by atoms with Crippen LogP contribution in [0.15, 0.2) is 71.5 Å². The van der Waals surface area contributed by atoms with E-state index < -0.39 is 0 Å². The van der Waals surface area contributed by atoms with Crippen molar-refractivity contribution in [1.82, 2.24) is 9.55 Å². The van der Waals surface area contributed by atoms with E-state index in [2.05, 4.69) is 4.98 Å². The zero-order chi connectivity index (χ0) is 22.4. The average Bonchev–Trinajstić information content (AvgIpc) is 3.16. The van der Waals surface area contributed by atoms with Gasteiger partial charge in [0.05, 0.1) is 22.3 Å². The maximum atomic E-state index is 13.4. The number of para-hydroxylation sites is 1. The minimum absolute atomic E-state index is 0.0337. The zero-order valence-electron chi connectivity index (χ0n) is 17.6. The van der Waals surface area contributed by atoms with E-state index in [0.29, 0.717) is 28.2 Å². The molecule has 160 valence electrons. The highest BCUT2D eigenvalue weighted by Gasteiger charge is 2.34. The lowest BCUT2D eigenvalue weighted by molar-refractivity contribution is -0.115. The van der Waals surface area contributed by atoms with Crippen LogP contribution in [0, 0.1) is 19.7 Å². The summed E-state index contributed by atoms with van der Waals surface area (Å²) in [5.41, 5.74) is 3.69. The third-order valence-corrected chi connectivity index (χ3v) is 6.89. The van der Waals surface area contributed by atoms with Crippen LogP contribution in [0.5, 0.6) is 0 Å². The molecule has 1 aliphatic rings. The number of carbonyl (C=O) groups excluding carboxylic acids is 1. The molecule has 0 bridgehead atoms. The molecule has 0 N–H and O–H groups in total. The number of rotatable bonds is 3. The van der Waals surface area contributed by atoms with Gasteiger partial charge < -0.3 is 0 Å². The molecule has 4 aromatic rings. The van der Waals surface area contributed by atoms with Crippen molar-refractivity contribution in [3.8, 4) is 5.69 Å². The second kappa shape index (κ2) is 7.91. The Hall–Kier alpha value is -3.45. The summed E-state index contributed by atoms with van der Waals surface area (Å²) in [5.74, 6) is 0.561. The molecule has 1 amide bonds. The fraction of sp³-hybridized carbons (Fsp3) is 0.160. The van der Waals surface area contributed by atoms with E-state index in [1.54, 1.807) is 46.7 Å². The first-order chi connectivity index (χ1) is 15.4. The lowest BCUT2D eigenvalue weighted by Crippen LogP contribution is -2.28. The molecular formula is C25H20FN3O2S. The normalized spacial score (nSPS) is 16.2. The highest BCUT2D eigenvalue weighted by atomic mass is 32.2. The summed E-state index contributed by atoms with van der Waals surface area (Å²) in [6.07, 6.45) is 0. The average molecular weight is 446 g/mol. The van der Waals surface area contributed by atoms with Crippen LogP contribution in [0.1, 0.15) is 22.3 Å². The maximum Gasteiger partial charge on any atom is 0.265 e. The van der Waals surface area contributed by atoms with Crippen molar-refractivity contribution in [2.24, 2.45) is 0 Å². The number of fused-ring (bicyclic) bond motifs is 1. The summed E-state index contributed by atoms with van der Waals surface area (Å²) in [4.78, 5) is 32.4. The molecule has 1 unspecified atom stereocenters. The molecule has 0 spiro atoms. The van der Waals surface area contributed by atoms with Crippen molar-refractivity contribution in [1.29, 1.82) is 0 Å². The summed E-state index contributed by atoms with van der Waals surface area (Å²) in [6, 6.07) is 19.2. The van der Waals surface area contributed by atoms with Gasteiger partial charge in [-0.2, -0.15) is 0 Å². The number of hydrogen-bond acceptors (Lipinski definition) is 4. The molecule has 1 atom stereocenters. The fourth-order valence-corrected chi connectivity index (χ4v) is 5.29. The monoisotopic (exact) mass is 445 g/mol. The summed E-state index contributed by atoms with van der Waals surface area (Å²) >= 11 is 1.49. The van der Waals surface area contributed by atoms with Crippen LogP contribution >= 0.6 is 11.8 Å². The first-order valence-corrected chi connectivity index (χ1v) is 11.3. The van der Waals surface area contributed by atoms with Gasteiger partial charge in [0.2, 0.25) is 5.91 Å². The van der Waals surface area contributed by atoms with Gasteiger partial charge in [0.15, 0.2) is 0 Å². The molecule has 5 nitrogen and oxygen atoms in total. The Morgan fingerprint density at radius 3 is 2.50 bits per heavy atom. The standard InChI is InChI=1S/C25H20FN3O2S/c1-15-5-3-4-6-22(15)28-16(2)27-21-13-19(11-12-20(21)24(28)31)29-23(30)14-32-25(29)17-7-9-18(26)10-8-17/h3-13,25H,14H2,1-2H3. The quantitative estimate of drug-likeness (QED) is 0.449. The molecule has 7 heteroatoms. The van der Waals surface area contributed by atoms with Crippen LogP contribution in [0.3, 0.4) is 0 Å². The maximum absolute atomic E-state index is 13.4. The molecule has 0 aliphatic carbocycles. The first-order valence-electron chi connectivity index (χ1n) is 10.2. The molecule has 2 heterocycles. The van der Waals surface area contributed by atoms with E-state index in [1.807, 2.05) is 31.2 Å². The van der Waals surface area contributed by atoms with Crippen LogP contribution in [0.2, 0.25) is 0 Å². The van der Waals surface area contributed by atoms with Gasteiger partial charge in [0.1, 0.15) is 17.0 Å². The van der Waals surface area contributed by atoms with Crippen LogP contribution in [-0.4, -0.2) is 21.2 Å². The highest BCUT2D eigenvalue weighted by molar-refractivity contribution is 8.00. The summed E-state index contributed by atoms with van der Waals surface area (Å²) in [7, 11) is 0. The number of hydrogen-bond donors (Lipinski definition) is 0. The van der Waals surface area contributed by atoms with Crippen molar-refractivity contribution in [3.05, 3.63) is 99.9 Å². The second-order valence-electron chi connectivity index (χ2n) is 7.77. The second-order valence-corrected chi connectivity index (χ2v) is 8.83. The predicted molar refractivity (Wildman–Crippen MR) is 126 cm³/mol. The topological polar surface area (TPSA) is 55.2 Å². The molecule has 0 radical (unpaired) electrons. The van der Waals surface area contributed by atoms with E-state index in [9.17, 15) is 14.0 Å². The van der Waals surface area contributed by atoms with Crippen LogP contribution in [0.25, 0.3) is 16.6 Å². The van der Waals surface area contributed by atoms with Crippen LogP contribution in [-0.2, 0) is 4.79 Å². The molecule has 1 aliphatic heterocycles. The van der Waals surface area contributed by atoms with E-state index in [-0.39, 0.29) is 22.7 Å². The van der Waals surface area contributed by atoms with Gasteiger partial charge in [-0.25, -0.2) is 9.37 Å². The smallest absolute Gasteiger partial charge is 0.265 e. The molecule has 1 saturated heterocycles. The van der Waals surface area contributed by atoms with E-state index in [0.717, 1.165) is 16.8 Å². The number of aromatic nitrogens is 2. The highest BCUT2D eigenvalue weighted by Crippen LogP contribution is 2.42. The van der Waals surface area contributed by atoms with E-state index in [4.69, 9.17) is 0 Å². The Kier molecular flexibility index (Phi) is 5.06. The Balaban J connectivity index is 1.61. The molecule has 0 saturated carbocycles. The third-order valence-electron chi connectivity index (χ3n) is 5.68. The van der Waals surface area contributed by atoms with Crippen LogP contribution < -0.4 is 10.5 Å². The SMILES string of the molecule is Cc1ccccc1-n1c(C)nc2cc(N3C(=O)CSC3c3ccc(F)cc3)ccc2c1=O. The Labute approximate surface area is 188 Å². The third kappa shape index (κ3) is 3.39. The number of amides is 1. The van der Waals surface area contributed by atoms with Gasteiger partial charge in [-0.15, -0.1) is 11.8 Å². The summed E-state index contributed by atoms with van der Waals surface area (Å²) < 4.78 is 15.0. The van der Waals surface area contributed by atoms with Crippen molar-refractivity contribution >= 4 is 34.3 Å². The molecular weight excluding hydrogens is 425 g/mol. The van der Waals surface area contributed by atoms with Crippen molar-refractivity contribution in [2.45, 2.75) is 19.2 Å². The lowest BCUT2D eigenvalue weighted by Gasteiger charge is -2.24. The Bertz CT molecular complexity index is 1420. The van der Waals surface area contributed by atoms with Crippen LogP contribution in [0.4, 0.5) is 10.1 Å². The Morgan fingerprint density at radius 2 is 1.75 bits per heavy atom. The first kappa shape index (κ1) is 20.5. The van der Waals surface area contributed by atoms with Gasteiger partial charge >= 0.3 is 0 Å². The zero-order valence-corrected chi connectivity index (χ0v) is 18.4. The van der Waals surface area contributed by atoms with Crippen molar-refractivity contribution in [2.75, 3.05) is 10.7 Å². The molecule has 32 heavy (non-hydrogen) atoms. The van der Waals surface area contributed by atoms with Gasteiger partial charge in [-0.05, 0) is 61.4 Å². The molecule has 3 aromatic carbocycles. The van der Waals surface area contributed by atoms with Crippen molar-refractivity contribution < 1.29 is 9.18 Å². The molecule has 1 fully saturated rings.